The number of benzene rings is 1. The predicted octanol–water partition coefficient (Wildman–Crippen LogP) is 0.451. The highest BCUT2D eigenvalue weighted by Crippen LogP contribution is 2.09. The summed E-state index contributed by atoms with van der Waals surface area (Å²) in [4.78, 5) is 25.4. The number of hydrogen-bond acceptors (Lipinski definition) is 3. The number of hydrogen-bond donors (Lipinski definition) is 2. The largest absolute Gasteiger partial charge is 0.359 e. The minimum atomic E-state index is -0.260. The van der Waals surface area contributed by atoms with Gasteiger partial charge in [-0.05, 0) is 18.2 Å². The van der Waals surface area contributed by atoms with Crippen LogP contribution in [0.25, 0.3) is 0 Å². The summed E-state index contributed by atoms with van der Waals surface area (Å²) >= 11 is 0. The van der Waals surface area contributed by atoms with Crippen molar-refractivity contribution in [1.82, 2.24) is 10.2 Å². The first-order valence-electron chi connectivity index (χ1n) is 6.75. The lowest BCUT2D eigenvalue weighted by atomic mass is 10.1. The van der Waals surface area contributed by atoms with Gasteiger partial charge in [0.05, 0.1) is 12.5 Å². The molecule has 1 atom stereocenters. The zero-order chi connectivity index (χ0) is 15.8. The third-order valence-corrected chi connectivity index (χ3v) is 3.03. The van der Waals surface area contributed by atoms with Crippen LogP contribution in [0.3, 0.4) is 0 Å². The number of amides is 2. The van der Waals surface area contributed by atoms with Gasteiger partial charge in [-0.3, -0.25) is 9.59 Å². The van der Waals surface area contributed by atoms with E-state index in [4.69, 9.17) is 5.73 Å². The van der Waals surface area contributed by atoms with Crippen LogP contribution < -0.4 is 11.1 Å². The third kappa shape index (κ3) is 4.93. The van der Waals surface area contributed by atoms with Crippen molar-refractivity contribution < 1.29 is 9.59 Å². The fourth-order valence-electron chi connectivity index (χ4n) is 1.93. The molecule has 0 aliphatic rings. The maximum atomic E-state index is 12.3. The Morgan fingerprint density at radius 1 is 1.43 bits per heavy atom. The zero-order valence-corrected chi connectivity index (χ0v) is 12.6. The number of carbonyl (C=O) groups excluding carboxylic acids is 2. The molecule has 5 nitrogen and oxygen atoms in total. The monoisotopic (exact) mass is 287 g/mol. The second-order valence-corrected chi connectivity index (χ2v) is 4.79. The molecule has 21 heavy (non-hydrogen) atoms. The number of nitrogens with one attached hydrogen (secondary N) is 1. The van der Waals surface area contributed by atoms with Gasteiger partial charge in [0.25, 0.3) is 5.91 Å². The van der Waals surface area contributed by atoms with Crippen LogP contribution in [0.15, 0.2) is 24.3 Å². The van der Waals surface area contributed by atoms with Gasteiger partial charge in [0, 0.05) is 31.8 Å². The van der Waals surface area contributed by atoms with Crippen molar-refractivity contribution in [3.8, 4) is 11.8 Å². The number of carbonyl (C=O) groups is 2. The van der Waals surface area contributed by atoms with E-state index in [0.717, 1.165) is 5.56 Å². The molecule has 5 heteroatoms. The van der Waals surface area contributed by atoms with Crippen molar-refractivity contribution in [3.05, 3.63) is 35.4 Å². The highest BCUT2D eigenvalue weighted by Gasteiger charge is 2.18. The molecule has 0 aliphatic heterocycles. The van der Waals surface area contributed by atoms with Gasteiger partial charge < -0.3 is 16.0 Å². The molecule has 1 aromatic carbocycles. The maximum Gasteiger partial charge on any atom is 0.253 e. The van der Waals surface area contributed by atoms with E-state index in [2.05, 4.69) is 17.2 Å². The Hall–Kier alpha value is -2.32. The molecular formula is C16H21N3O2. The summed E-state index contributed by atoms with van der Waals surface area (Å²) < 4.78 is 0. The Kier molecular flexibility index (Phi) is 6.44. The first kappa shape index (κ1) is 16.7. The van der Waals surface area contributed by atoms with Crippen LogP contribution in [0, 0.1) is 17.8 Å². The second-order valence-electron chi connectivity index (χ2n) is 4.79. The van der Waals surface area contributed by atoms with Crippen molar-refractivity contribution in [2.24, 2.45) is 11.7 Å². The molecular weight excluding hydrogens is 266 g/mol. The summed E-state index contributed by atoms with van der Waals surface area (Å²) in [7, 11) is 3.26. The Balaban J connectivity index is 2.80. The Morgan fingerprint density at radius 2 is 2.14 bits per heavy atom. The van der Waals surface area contributed by atoms with Crippen LogP contribution in [-0.2, 0) is 4.79 Å². The molecule has 0 saturated carbocycles. The Labute approximate surface area is 125 Å². The molecule has 0 aliphatic carbocycles. The summed E-state index contributed by atoms with van der Waals surface area (Å²) in [5.74, 6) is 5.17. The Bertz CT molecular complexity index is 572. The predicted molar refractivity (Wildman–Crippen MR) is 82.6 cm³/mol. The van der Waals surface area contributed by atoms with Gasteiger partial charge in [-0.15, -0.1) is 0 Å². The lowest BCUT2D eigenvalue weighted by Gasteiger charge is -2.20. The normalized spacial score (nSPS) is 11.0. The van der Waals surface area contributed by atoms with Gasteiger partial charge in [-0.25, -0.2) is 0 Å². The minimum Gasteiger partial charge on any atom is -0.359 e. The molecule has 0 fully saturated rings. The van der Waals surface area contributed by atoms with E-state index < -0.39 is 0 Å². The molecule has 0 aromatic heterocycles. The van der Waals surface area contributed by atoms with Crippen LogP contribution in [0.2, 0.25) is 0 Å². The van der Waals surface area contributed by atoms with Crippen molar-refractivity contribution >= 4 is 11.8 Å². The molecule has 2 amide bonds. The maximum absolute atomic E-state index is 12.3. The molecule has 112 valence electrons. The van der Waals surface area contributed by atoms with Gasteiger partial charge in [-0.2, -0.15) is 0 Å². The van der Waals surface area contributed by atoms with Crippen molar-refractivity contribution in [1.29, 1.82) is 0 Å². The number of rotatable bonds is 4. The van der Waals surface area contributed by atoms with E-state index in [0.29, 0.717) is 12.1 Å². The van der Waals surface area contributed by atoms with Crippen molar-refractivity contribution in [3.63, 3.8) is 0 Å². The van der Waals surface area contributed by atoms with Crippen LogP contribution in [0.4, 0.5) is 0 Å². The fraction of sp³-hybridized carbons (Fsp3) is 0.375. The van der Waals surface area contributed by atoms with Gasteiger partial charge in [0.1, 0.15) is 0 Å². The van der Waals surface area contributed by atoms with E-state index in [1.165, 1.54) is 4.90 Å². The van der Waals surface area contributed by atoms with E-state index in [1.54, 1.807) is 39.2 Å². The molecule has 0 radical (unpaired) electrons. The van der Waals surface area contributed by atoms with Crippen LogP contribution in [0.5, 0.6) is 0 Å². The first-order valence-corrected chi connectivity index (χ1v) is 6.75. The fourth-order valence-corrected chi connectivity index (χ4v) is 1.93. The lowest BCUT2D eigenvalue weighted by molar-refractivity contribution is -0.124. The lowest BCUT2D eigenvalue weighted by Crippen LogP contribution is -2.37. The average Bonchev–Trinajstić information content (AvgIpc) is 2.51. The second kappa shape index (κ2) is 8.08. The quantitative estimate of drug-likeness (QED) is 0.790. The molecule has 0 bridgehead atoms. The van der Waals surface area contributed by atoms with E-state index in [1.807, 2.05) is 6.07 Å². The van der Waals surface area contributed by atoms with Gasteiger partial charge in [-0.1, -0.05) is 24.8 Å². The summed E-state index contributed by atoms with van der Waals surface area (Å²) in [6.07, 6.45) is 0. The van der Waals surface area contributed by atoms with Gasteiger partial charge in [0.2, 0.25) is 5.91 Å². The van der Waals surface area contributed by atoms with Crippen molar-refractivity contribution in [2.45, 2.75) is 6.92 Å². The SMILES string of the molecule is CNC(=O)C(C)CN(C)C(=O)c1cccc(C#CCN)c1. The standard InChI is InChI=1S/C16H21N3O2/c1-12(15(20)18-2)11-19(3)16(21)14-8-4-6-13(10-14)7-5-9-17/h4,6,8,10,12H,9,11,17H2,1-3H3,(H,18,20). The highest BCUT2D eigenvalue weighted by atomic mass is 16.2. The number of nitrogens with two attached hydrogens (primary N) is 1. The van der Waals surface area contributed by atoms with E-state index in [-0.39, 0.29) is 24.3 Å². The summed E-state index contributed by atoms with van der Waals surface area (Å²) in [5, 5.41) is 2.57. The zero-order valence-electron chi connectivity index (χ0n) is 12.6. The topological polar surface area (TPSA) is 75.4 Å². The van der Waals surface area contributed by atoms with Crippen LogP contribution in [0.1, 0.15) is 22.8 Å². The molecule has 0 saturated heterocycles. The van der Waals surface area contributed by atoms with E-state index >= 15 is 0 Å². The molecule has 0 spiro atoms. The van der Waals surface area contributed by atoms with Crippen molar-refractivity contribution in [2.75, 3.05) is 27.2 Å². The minimum absolute atomic E-state index is 0.0859. The van der Waals surface area contributed by atoms with Gasteiger partial charge in [0.15, 0.2) is 0 Å². The average molecular weight is 287 g/mol. The molecule has 0 heterocycles. The third-order valence-electron chi connectivity index (χ3n) is 3.03. The smallest absolute Gasteiger partial charge is 0.253 e. The summed E-state index contributed by atoms with van der Waals surface area (Å²) in [6.45, 7) is 2.42. The summed E-state index contributed by atoms with van der Waals surface area (Å²) in [5.41, 5.74) is 6.63. The molecule has 1 aromatic rings. The van der Waals surface area contributed by atoms with Crippen LogP contribution in [-0.4, -0.2) is 43.9 Å². The molecule has 1 unspecified atom stereocenters. The molecule has 3 N–H and O–H groups in total. The molecule has 1 rings (SSSR count). The first-order chi connectivity index (χ1) is 9.99. The van der Waals surface area contributed by atoms with Crippen LogP contribution >= 0.6 is 0 Å². The van der Waals surface area contributed by atoms with E-state index in [9.17, 15) is 9.59 Å². The van der Waals surface area contributed by atoms with Gasteiger partial charge >= 0.3 is 0 Å². The number of nitrogens with zero attached hydrogens (tertiary/aromatic N) is 1. The highest BCUT2D eigenvalue weighted by molar-refractivity contribution is 5.94. The summed E-state index contributed by atoms with van der Waals surface area (Å²) in [6, 6.07) is 7.07. The Morgan fingerprint density at radius 3 is 2.76 bits per heavy atom.